The summed E-state index contributed by atoms with van der Waals surface area (Å²) in [5, 5.41) is 0. The van der Waals surface area contributed by atoms with Gasteiger partial charge in [-0.15, -0.1) is 0 Å². The summed E-state index contributed by atoms with van der Waals surface area (Å²) in [5.74, 6) is 1.84. The second kappa shape index (κ2) is 1.93. The quantitative estimate of drug-likeness (QED) is 0.455. The topological polar surface area (TPSA) is 0 Å². The summed E-state index contributed by atoms with van der Waals surface area (Å²) in [6.45, 7) is 8.47. The average Bonchev–Trinajstić information content (AvgIpc) is 1.57. The molecule has 0 heterocycles. The van der Waals surface area contributed by atoms with Gasteiger partial charge in [-0.1, -0.05) is 26.0 Å². The van der Waals surface area contributed by atoms with Gasteiger partial charge in [0.2, 0.25) is 0 Å². The van der Waals surface area contributed by atoms with Crippen LogP contribution in [-0.4, -0.2) is 0 Å². The standard InChI is InChI=1S/C8H14/c1-6(2)8-4-7(3)5-8/h6,8H,3-5H2,1-2H3. The minimum atomic E-state index is 0.875. The maximum absolute atomic E-state index is 3.89. The third-order valence-corrected chi connectivity index (χ3v) is 2.04. The van der Waals surface area contributed by atoms with E-state index in [-0.39, 0.29) is 0 Å². The zero-order chi connectivity index (χ0) is 6.15. The zero-order valence-corrected chi connectivity index (χ0v) is 5.78. The van der Waals surface area contributed by atoms with E-state index in [0.717, 1.165) is 11.8 Å². The minimum absolute atomic E-state index is 0.875. The van der Waals surface area contributed by atoms with Crippen LogP contribution in [0.2, 0.25) is 0 Å². The van der Waals surface area contributed by atoms with Crippen LogP contribution in [0.1, 0.15) is 26.7 Å². The molecular formula is C8H14. The molecule has 0 aromatic heterocycles. The zero-order valence-electron chi connectivity index (χ0n) is 5.78. The van der Waals surface area contributed by atoms with E-state index < -0.39 is 0 Å². The summed E-state index contributed by atoms with van der Waals surface area (Å²) in [6, 6.07) is 0. The van der Waals surface area contributed by atoms with Crippen molar-refractivity contribution in [2.45, 2.75) is 26.7 Å². The van der Waals surface area contributed by atoms with Crippen LogP contribution in [0.5, 0.6) is 0 Å². The van der Waals surface area contributed by atoms with Crippen LogP contribution in [0.15, 0.2) is 12.2 Å². The van der Waals surface area contributed by atoms with E-state index in [1.165, 1.54) is 18.4 Å². The molecule has 1 rings (SSSR count). The molecule has 1 aliphatic rings. The Morgan fingerprint density at radius 2 is 2.00 bits per heavy atom. The van der Waals surface area contributed by atoms with Crippen molar-refractivity contribution in [1.82, 2.24) is 0 Å². The van der Waals surface area contributed by atoms with E-state index in [1.807, 2.05) is 0 Å². The lowest BCUT2D eigenvalue weighted by atomic mass is 9.74. The van der Waals surface area contributed by atoms with Gasteiger partial charge >= 0.3 is 0 Å². The molecule has 0 radical (unpaired) electrons. The predicted octanol–water partition coefficient (Wildman–Crippen LogP) is 2.61. The summed E-state index contributed by atoms with van der Waals surface area (Å²) in [7, 11) is 0. The maximum Gasteiger partial charge on any atom is -0.0289 e. The first-order chi connectivity index (χ1) is 3.70. The Balaban J connectivity index is 2.25. The molecular weight excluding hydrogens is 96.1 g/mol. The predicted molar refractivity (Wildman–Crippen MR) is 36.7 cm³/mol. The second-order valence-corrected chi connectivity index (χ2v) is 3.16. The van der Waals surface area contributed by atoms with Crippen LogP contribution in [0.3, 0.4) is 0 Å². The third kappa shape index (κ3) is 0.936. The van der Waals surface area contributed by atoms with Crippen molar-refractivity contribution >= 4 is 0 Å². The molecule has 0 bridgehead atoms. The molecule has 0 aliphatic heterocycles. The minimum Gasteiger partial charge on any atom is -0.0998 e. The van der Waals surface area contributed by atoms with Crippen molar-refractivity contribution in [3.05, 3.63) is 12.2 Å². The highest BCUT2D eigenvalue weighted by Gasteiger charge is 2.23. The lowest BCUT2D eigenvalue weighted by molar-refractivity contribution is 0.310. The van der Waals surface area contributed by atoms with Crippen molar-refractivity contribution in [1.29, 1.82) is 0 Å². The van der Waals surface area contributed by atoms with Gasteiger partial charge < -0.3 is 0 Å². The van der Waals surface area contributed by atoms with E-state index in [2.05, 4.69) is 20.4 Å². The molecule has 0 amide bonds. The fourth-order valence-electron chi connectivity index (χ4n) is 1.15. The monoisotopic (exact) mass is 110 g/mol. The Bertz CT molecular complexity index is 92.6. The Kier molecular flexibility index (Phi) is 1.41. The number of allylic oxidation sites excluding steroid dienone is 1. The van der Waals surface area contributed by atoms with Crippen LogP contribution in [-0.2, 0) is 0 Å². The van der Waals surface area contributed by atoms with E-state index in [0.29, 0.717) is 0 Å². The van der Waals surface area contributed by atoms with Crippen molar-refractivity contribution in [2.24, 2.45) is 11.8 Å². The van der Waals surface area contributed by atoms with E-state index in [4.69, 9.17) is 0 Å². The van der Waals surface area contributed by atoms with Gasteiger partial charge in [0.05, 0.1) is 0 Å². The summed E-state index contributed by atoms with van der Waals surface area (Å²) < 4.78 is 0. The smallest absolute Gasteiger partial charge is 0.0289 e. The molecule has 0 aromatic carbocycles. The lowest BCUT2D eigenvalue weighted by Gasteiger charge is -2.31. The Hall–Kier alpha value is -0.260. The van der Waals surface area contributed by atoms with Crippen molar-refractivity contribution in [3.63, 3.8) is 0 Å². The van der Waals surface area contributed by atoms with Gasteiger partial charge in [0.1, 0.15) is 0 Å². The summed E-state index contributed by atoms with van der Waals surface area (Å²) >= 11 is 0. The van der Waals surface area contributed by atoms with Crippen LogP contribution in [0.4, 0.5) is 0 Å². The fourth-order valence-corrected chi connectivity index (χ4v) is 1.15. The lowest BCUT2D eigenvalue weighted by Crippen LogP contribution is -2.19. The molecule has 0 spiro atoms. The molecule has 1 fully saturated rings. The van der Waals surface area contributed by atoms with Crippen LogP contribution < -0.4 is 0 Å². The molecule has 46 valence electrons. The summed E-state index contributed by atoms with van der Waals surface area (Å²) in [5.41, 5.74) is 1.45. The van der Waals surface area contributed by atoms with Gasteiger partial charge in [-0.3, -0.25) is 0 Å². The van der Waals surface area contributed by atoms with Crippen LogP contribution in [0.25, 0.3) is 0 Å². The van der Waals surface area contributed by atoms with Crippen LogP contribution >= 0.6 is 0 Å². The molecule has 0 saturated heterocycles. The van der Waals surface area contributed by atoms with E-state index in [9.17, 15) is 0 Å². The fraction of sp³-hybridized carbons (Fsp3) is 0.750. The molecule has 0 N–H and O–H groups in total. The maximum atomic E-state index is 3.89. The van der Waals surface area contributed by atoms with E-state index >= 15 is 0 Å². The first-order valence-electron chi connectivity index (χ1n) is 3.37. The summed E-state index contributed by atoms with van der Waals surface area (Å²) in [4.78, 5) is 0. The highest BCUT2D eigenvalue weighted by Crippen LogP contribution is 2.36. The molecule has 0 nitrogen and oxygen atoms in total. The molecule has 1 saturated carbocycles. The van der Waals surface area contributed by atoms with Crippen molar-refractivity contribution in [2.75, 3.05) is 0 Å². The number of hydrogen-bond acceptors (Lipinski definition) is 0. The van der Waals surface area contributed by atoms with E-state index in [1.54, 1.807) is 0 Å². The Morgan fingerprint density at radius 3 is 2.12 bits per heavy atom. The highest BCUT2D eigenvalue weighted by molar-refractivity contribution is 5.07. The molecule has 0 atom stereocenters. The van der Waals surface area contributed by atoms with Crippen LogP contribution in [0, 0.1) is 11.8 Å². The molecule has 1 aliphatic carbocycles. The molecule has 0 unspecified atom stereocenters. The average molecular weight is 110 g/mol. The number of rotatable bonds is 1. The molecule has 8 heavy (non-hydrogen) atoms. The largest absolute Gasteiger partial charge is 0.0998 e. The van der Waals surface area contributed by atoms with Gasteiger partial charge in [0, 0.05) is 0 Å². The normalized spacial score (nSPS) is 21.6. The van der Waals surface area contributed by atoms with Crippen molar-refractivity contribution < 1.29 is 0 Å². The SMILES string of the molecule is C=C1CC(C(C)C)C1. The van der Waals surface area contributed by atoms with Gasteiger partial charge in [0.15, 0.2) is 0 Å². The van der Waals surface area contributed by atoms with Crippen molar-refractivity contribution in [3.8, 4) is 0 Å². The van der Waals surface area contributed by atoms with Gasteiger partial charge in [-0.05, 0) is 24.7 Å². The molecule has 0 heteroatoms. The van der Waals surface area contributed by atoms with Gasteiger partial charge in [0.25, 0.3) is 0 Å². The first-order valence-corrected chi connectivity index (χ1v) is 3.37. The third-order valence-electron chi connectivity index (χ3n) is 2.04. The van der Waals surface area contributed by atoms with Gasteiger partial charge in [-0.2, -0.15) is 0 Å². The summed E-state index contributed by atoms with van der Waals surface area (Å²) in [6.07, 6.45) is 2.58. The number of hydrogen-bond donors (Lipinski definition) is 0. The Morgan fingerprint density at radius 1 is 1.50 bits per heavy atom. The Labute approximate surface area is 51.6 Å². The molecule has 0 aromatic rings. The van der Waals surface area contributed by atoms with Gasteiger partial charge in [-0.25, -0.2) is 0 Å². The second-order valence-electron chi connectivity index (χ2n) is 3.16. The highest BCUT2D eigenvalue weighted by atomic mass is 14.3. The first kappa shape index (κ1) is 5.87.